The first kappa shape index (κ1) is 14.6. The van der Waals surface area contributed by atoms with E-state index in [2.05, 4.69) is 11.8 Å². The Morgan fingerprint density at radius 1 is 1.50 bits per heavy atom. The summed E-state index contributed by atoms with van der Waals surface area (Å²) >= 11 is 0. The van der Waals surface area contributed by atoms with E-state index in [-0.39, 0.29) is 5.82 Å². The van der Waals surface area contributed by atoms with Gasteiger partial charge in [0.05, 0.1) is 0 Å². The second-order valence-electron chi connectivity index (χ2n) is 5.30. The van der Waals surface area contributed by atoms with Crippen LogP contribution in [0.4, 0.5) is 10.1 Å². The largest absolute Gasteiger partial charge is 0.478 e. The molecule has 0 saturated carbocycles. The van der Waals surface area contributed by atoms with Gasteiger partial charge in [0.15, 0.2) is 0 Å². The predicted molar refractivity (Wildman–Crippen MR) is 78.3 cm³/mol. The van der Waals surface area contributed by atoms with Gasteiger partial charge in [0.1, 0.15) is 5.82 Å². The van der Waals surface area contributed by atoms with E-state index in [1.165, 1.54) is 31.1 Å². The molecule has 108 valence electrons. The van der Waals surface area contributed by atoms with Crippen LogP contribution in [0.25, 0.3) is 6.08 Å². The number of carboxylic acid groups (broad SMARTS) is 1. The minimum atomic E-state index is -1.03. The summed E-state index contributed by atoms with van der Waals surface area (Å²) < 4.78 is 13.6. The molecule has 1 aromatic carbocycles. The number of carboxylic acids is 1. The third-order valence-electron chi connectivity index (χ3n) is 3.67. The Morgan fingerprint density at radius 3 is 3.00 bits per heavy atom. The van der Waals surface area contributed by atoms with Crippen molar-refractivity contribution < 1.29 is 14.3 Å². The maximum absolute atomic E-state index is 13.6. The van der Waals surface area contributed by atoms with Crippen molar-refractivity contribution in [3.63, 3.8) is 0 Å². The van der Waals surface area contributed by atoms with Crippen LogP contribution in [0.5, 0.6) is 0 Å². The van der Waals surface area contributed by atoms with Crippen LogP contribution in [0.15, 0.2) is 24.3 Å². The summed E-state index contributed by atoms with van der Waals surface area (Å²) in [6, 6.07) is 4.71. The molecule has 0 spiro atoms. The summed E-state index contributed by atoms with van der Waals surface area (Å²) in [5.74, 6) is -0.673. The number of anilines is 1. The zero-order valence-corrected chi connectivity index (χ0v) is 11.7. The fourth-order valence-electron chi connectivity index (χ4n) is 2.75. The van der Waals surface area contributed by atoms with Gasteiger partial charge in [0.25, 0.3) is 0 Å². The molecule has 20 heavy (non-hydrogen) atoms. The van der Waals surface area contributed by atoms with Gasteiger partial charge < -0.3 is 10.0 Å². The molecule has 0 aliphatic carbocycles. The Balaban J connectivity index is 2.14. The highest BCUT2D eigenvalue weighted by molar-refractivity contribution is 5.85. The van der Waals surface area contributed by atoms with Crippen molar-refractivity contribution in [2.75, 3.05) is 18.0 Å². The molecule has 1 atom stereocenters. The van der Waals surface area contributed by atoms with E-state index in [1.807, 2.05) is 6.07 Å². The summed E-state index contributed by atoms with van der Waals surface area (Å²) in [7, 11) is 0. The number of nitrogens with zero attached hydrogens (tertiary/aromatic N) is 1. The predicted octanol–water partition coefficient (Wildman–Crippen LogP) is 3.55. The average molecular weight is 277 g/mol. The average Bonchev–Trinajstić information content (AvgIpc) is 2.85. The summed E-state index contributed by atoms with van der Waals surface area (Å²) in [6.07, 6.45) is 5.98. The van der Waals surface area contributed by atoms with E-state index in [9.17, 15) is 9.18 Å². The number of carbonyl (C=O) groups is 1. The smallest absolute Gasteiger partial charge is 0.328 e. The third-order valence-corrected chi connectivity index (χ3v) is 3.67. The highest BCUT2D eigenvalue weighted by atomic mass is 19.1. The Labute approximate surface area is 118 Å². The van der Waals surface area contributed by atoms with Crippen LogP contribution >= 0.6 is 0 Å². The Hall–Kier alpha value is -1.84. The van der Waals surface area contributed by atoms with E-state index in [4.69, 9.17) is 5.11 Å². The van der Waals surface area contributed by atoms with E-state index in [0.717, 1.165) is 31.3 Å². The number of hydrogen-bond acceptors (Lipinski definition) is 2. The molecule has 0 bridgehead atoms. The minimum Gasteiger partial charge on any atom is -0.478 e. The zero-order chi connectivity index (χ0) is 14.5. The quantitative estimate of drug-likeness (QED) is 0.837. The van der Waals surface area contributed by atoms with Crippen LogP contribution in [0, 0.1) is 11.7 Å². The topological polar surface area (TPSA) is 40.5 Å². The fourth-order valence-corrected chi connectivity index (χ4v) is 2.75. The van der Waals surface area contributed by atoms with Crippen molar-refractivity contribution in [3.05, 3.63) is 35.7 Å². The molecule has 3 nitrogen and oxygen atoms in total. The van der Waals surface area contributed by atoms with Crippen LogP contribution in [0.2, 0.25) is 0 Å². The van der Waals surface area contributed by atoms with Gasteiger partial charge in [-0.25, -0.2) is 9.18 Å². The molecular weight excluding hydrogens is 257 g/mol. The Bertz CT molecular complexity index is 513. The zero-order valence-electron chi connectivity index (χ0n) is 11.7. The van der Waals surface area contributed by atoms with Gasteiger partial charge in [-0.15, -0.1) is 0 Å². The summed E-state index contributed by atoms with van der Waals surface area (Å²) in [6.45, 7) is 4.08. The molecule has 1 N–H and O–H groups in total. The second kappa shape index (κ2) is 6.55. The highest BCUT2D eigenvalue weighted by Crippen LogP contribution is 2.28. The number of rotatable bonds is 5. The third kappa shape index (κ3) is 3.83. The summed E-state index contributed by atoms with van der Waals surface area (Å²) in [4.78, 5) is 12.7. The molecule has 1 unspecified atom stereocenters. The first-order valence-corrected chi connectivity index (χ1v) is 7.05. The lowest BCUT2D eigenvalue weighted by atomic mass is 10.0. The molecule has 1 aromatic rings. The Morgan fingerprint density at radius 2 is 2.30 bits per heavy atom. The standard InChI is InChI=1S/C16H20FNO2/c1-2-3-12-6-7-18(11-12)15-9-13(4-5-16(19)20)8-14(17)10-15/h4-5,8-10,12H,2-3,6-7,11H2,1H3,(H,19,20)/b5-4+. The van der Waals surface area contributed by atoms with Crippen LogP contribution in [0.3, 0.4) is 0 Å². The van der Waals surface area contributed by atoms with Gasteiger partial charge in [-0.2, -0.15) is 0 Å². The molecule has 2 rings (SSSR count). The lowest BCUT2D eigenvalue weighted by Crippen LogP contribution is -2.19. The molecular formula is C16H20FNO2. The van der Waals surface area contributed by atoms with Crippen molar-refractivity contribution in [2.24, 2.45) is 5.92 Å². The lowest BCUT2D eigenvalue weighted by molar-refractivity contribution is -0.131. The van der Waals surface area contributed by atoms with Crippen LogP contribution in [-0.4, -0.2) is 24.2 Å². The van der Waals surface area contributed by atoms with Gasteiger partial charge in [0.2, 0.25) is 0 Å². The highest BCUT2D eigenvalue weighted by Gasteiger charge is 2.22. The first-order chi connectivity index (χ1) is 9.58. The van der Waals surface area contributed by atoms with Crippen molar-refractivity contribution in [2.45, 2.75) is 26.2 Å². The lowest BCUT2D eigenvalue weighted by Gasteiger charge is -2.19. The fraction of sp³-hybridized carbons (Fsp3) is 0.438. The molecule has 0 amide bonds. The number of aliphatic carboxylic acids is 1. The molecule has 1 aliphatic heterocycles. The summed E-state index contributed by atoms with van der Waals surface area (Å²) in [5, 5.41) is 8.63. The van der Waals surface area contributed by atoms with Crippen molar-refractivity contribution in [1.29, 1.82) is 0 Å². The minimum absolute atomic E-state index is 0.327. The van der Waals surface area contributed by atoms with Gasteiger partial charge in [-0.3, -0.25) is 0 Å². The molecule has 0 aromatic heterocycles. The number of halogens is 1. The normalized spacial score (nSPS) is 18.9. The van der Waals surface area contributed by atoms with Gasteiger partial charge >= 0.3 is 5.97 Å². The SMILES string of the molecule is CCCC1CCN(c2cc(F)cc(/C=C/C(=O)O)c2)C1. The first-order valence-electron chi connectivity index (χ1n) is 7.05. The number of hydrogen-bond donors (Lipinski definition) is 1. The van der Waals surface area contributed by atoms with Crippen LogP contribution < -0.4 is 4.90 Å². The van der Waals surface area contributed by atoms with Gasteiger partial charge in [0, 0.05) is 24.9 Å². The molecule has 0 radical (unpaired) electrons. The van der Waals surface area contributed by atoms with Gasteiger partial charge in [-0.1, -0.05) is 13.3 Å². The maximum atomic E-state index is 13.6. The van der Waals surface area contributed by atoms with E-state index < -0.39 is 5.97 Å². The van der Waals surface area contributed by atoms with E-state index in [0.29, 0.717) is 11.5 Å². The monoisotopic (exact) mass is 277 g/mol. The molecule has 1 aliphatic rings. The summed E-state index contributed by atoms with van der Waals surface area (Å²) in [5.41, 5.74) is 1.43. The second-order valence-corrected chi connectivity index (χ2v) is 5.30. The number of benzene rings is 1. The van der Waals surface area contributed by atoms with Crippen molar-refractivity contribution in [3.8, 4) is 0 Å². The Kier molecular flexibility index (Phi) is 4.77. The molecule has 1 saturated heterocycles. The van der Waals surface area contributed by atoms with Gasteiger partial charge in [-0.05, 0) is 48.6 Å². The molecule has 1 fully saturated rings. The van der Waals surface area contributed by atoms with Crippen molar-refractivity contribution in [1.82, 2.24) is 0 Å². The molecule has 1 heterocycles. The van der Waals surface area contributed by atoms with E-state index in [1.54, 1.807) is 0 Å². The maximum Gasteiger partial charge on any atom is 0.328 e. The van der Waals surface area contributed by atoms with Crippen LogP contribution in [-0.2, 0) is 4.79 Å². The van der Waals surface area contributed by atoms with E-state index >= 15 is 0 Å². The van der Waals surface area contributed by atoms with Crippen LogP contribution in [0.1, 0.15) is 31.7 Å². The van der Waals surface area contributed by atoms with Crippen molar-refractivity contribution >= 4 is 17.7 Å². The molecule has 4 heteroatoms.